The minimum absolute atomic E-state index is 0.316. The monoisotopic (exact) mass is 284 g/mol. The van der Waals surface area contributed by atoms with E-state index in [9.17, 15) is 0 Å². The number of rotatable bonds is 4. The number of likely N-dealkylation sites (N-methyl/N-ethyl adjacent to an activating group) is 2. The standard InChI is InChI=1S/C12H17ClN4S/c1-8-7-9-10(17(4)6-5-16(2)3)14-12(13)15-11(9)18-8/h7H,5-6H2,1-4H3. The third-order valence-corrected chi connectivity index (χ3v) is 3.83. The number of anilines is 1. The van der Waals surface area contributed by atoms with Gasteiger partial charge in [0.2, 0.25) is 5.28 Å². The highest BCUT2D eigenvalue weighted by Crippen LogP contribution is 2.30. The predicted octanol–water partition coefficient (Wildman–Crippen LogP) is 2.65. The highest BCUT2D eigenvalue weighted by atomic mass is 35.5. The zero-order chi connectivity index (χ0) is 13.3. The minimum atomic E-state index is 0.316. The van der Waals surface area contributed by atoms with Gasteiger partial charge in [0, 0.05) is 25.0 Å². The lowest BCUT2D eigenvalue weighted by Gasteiger charge is -2.21. The third kappa shape index (κ3) is 2.91. The van der Waals surface area contributed by atoms with E-state index < -0.39 is 0 Å². The highest BCUT2D eigenvalue weighted by Gasteiger charge is 2.13. The fourth-order valence-corrected chi connectivity index (χ4v) is 2.84. The molecule has 0 spiro atoms. The Morgan fingerprint density at radius 2 is 1.94 bits per heavy atom. The summed E-state index contributed by atoms with van der Waals surface area (Å²) < 4.78 is 0. The number of aromatic nitrogens is 2. The Kier molecular flexibility index (Phi) is 4.04. The summed E-state index contributed by atoms with van der Waals surface area (Å²) in [6.07, 6.45) is 0. The van der Waals surface area contributed by atoms with Crippen molar-refractivity contribution in [1.29, 1.82) is 0 Å². The van der Waals surface area contributed by atoms with Crippen LogP contribution in [-0.2, 0) is 0 Å². The molecule has 2 heterocycles. The molecule has 0 saturated carbocycles. The molecule has 0 aliphatic heterocycles. The van der Waals surface area contributed by atoms with Crippen LogP contribution in [0.4, 0.5) is 5.82 Å². The summed E-state index contributed by atoms with van der Waals surface area (Å²) in [5, 5.41) is 1.40. The molecule has 18 heavy (non-hydrogen) atoms. The molecule has 0 amide bonds. The topological polar surface area (TPSA) is 32.3 Å². The fourth-order valence-electron chi connectivity index (χ4n) is 1.75. The van der Waals surface area contributed by atoms with Crippen LogP contribution >= 0.6 is 22.9 Å². The molecule has 0 saturated heterocycles. The molecule has 0 aliphatic rings. The maximum atomic E-state index is 5.99. The van der Waals surface area contributed by atoms with Gasteiger partial charge in [0.1, 0.15) is 10.6 Å². The normalized spacial score (nSPS) is 11.4. The predicted molar refractivity (Wildman–Crippen MR) is 79.0 cm³/mol. The number of fused-ring (bicyclic) bond motifs is 1. The summed E-state index contributed by atoms with van der Waals surface area (Å²) in [4.78, 5) is 15.1. The number of thiophene rings is 1. The molecule has 2 aromatic heterocycles. The van der Waals surface area contributed by atoms with Crippen LogP contribution in [0.5, 0.6) is 0 Å². The van der Waals surface area contributed by atoms with Gasteiger partial charge in [-0.2, -0.15) is 4.98 Å². The van der Waals surface area contributed by atoms with E-state index in [1.54, 1.807) is 11.3 Å². The first-order valence-electron chi connectivity index (χ1n) is 5.77. The summed E-state index contributed by atoms with van der Waals surface area (Å²) in [5.41, 5.74) is 0. The summed E-state index contributed by atoms with van der Waals surface area (Å²) in [7, 11) is 6.16. The Hall–Kier alpha value is -0.910. The van der Waals surface area contributed by atoms with Crippen LogP contribution in [0.3, 0.4) is 0 Å². The van der Waals surface area contributed by atoms with E-state index in [-0.39, 0.29) is 0 Å². The minimum Gasteiger partial charge on any atom is -0.358 e. The van der Waals surface area contributed by atoms with Gasteiger partial charge in [-0.05, 0) is 38.7 Å². The molecule has 2 aromatic rings. The largest absolute Gasteiger partial charge is 0.358 e. The van der Waals surface area contributed by atoms with Crippen LogP contribution < -0.4 is 4.90 Å². The molecule has 0 N–H and O–H groups in total. The Bertz CT molecular complexity index is 552. The van der Waals surface area contributed by atoms with E-state index in [1.807, 2.05) is 7.05 Å². The molecule has 0 radical (unpaired) electrons. The van der Waals surface area contributed by atoms with E-state index in [2.05, 4.69) is 46.9 Å². The maximum Gasteiger partial charge on any atom is 0.225 e. The Balaban J connectivity index is 2.36. The van der Waals surface area contributed by atoms with E-state index in [0.717, 1.165) is 29.1 Å². The van der Waals surface area contributed by atoms with Crippen LogP contribution in [0.15, 0.2) is 6.07 Å². The summed E-state index contributed by atoms with van der Waals surface area (Å²) in [6.45, 7) is 3.96. The molecule has 4 nitrogen and oxygen atoms in total. The van der Waals surface area contributed by atoms with Crippen molar-refractivity contribution in [3.63, 3.8) is 0 Å². The molecular formula is C12H17ClN4S. The van der Waals surface area contributed by atoms with Gasteiger partial charge in [0.05, 0.1) is 5.39 Å². The van der Waals surface area contributed by atoms with E-state index in [0.29, 0.717) is 5.28 Å². The van der Waals surface area contributed by atoms with Crippen LogP contribution in [0.1, 0.15) is 4.88 Å². The van der Waals surface area contributed by atoms with E-state index in [4.69, 9.17) is 11.6 Å². The van der Waals surface area contributed by atoms with Crippen molar-refractivity contribution in [1.82, 2.24) is 14.9 Å². The van der Waals surface area contributed by atoms with Crippen molar-refractivity contribution in [3.8, 4) is 0 Å². The van der Waals surface area contributed by atoms with Gasteiger partial charge in [-0.15, -0.1) is 11.3 Å². The van der Waals surface area contributed by atoms with E-state index in [1.165, 1.54) is 4.88 Å². The second kappa shape index (κ2) is 5.38. The van der Waals surface area contributed by atoms with Crippen LogP contribution in [0.25, 0.3) is 10.2 Å². The molecule has 2 rings (SSSR count). The number of nitrogens with zero attached hydrogens (tertiary/aromatic N) is 4. The second-order valence-corrected chi connectivity index (χ2v) is 6.19. The summed E-state index contributed by atoms with van der Waals surface area (Å²) in [6, 6.07) is 2.12. The highest BCUT2D eigenvalue weighted by molar-refractivity contribution is 7.18. The van der Waals surface area contributed by atoms with Crippen molar-refractivity contribution in [2.75, 3.05) is 39.1 Å². The molecule has 0 aromatic carbocycles. The SMILES string of the molecule is Cc1cc2c(N(C)CCN(C)C)nc(Cl)nc2s1. The smallest absolute Gasteiger partial charge is 0.225 e. The van der Waals surface area contributed by atoms with Gasteiger partial charge < -0.3 is 9.80 Å². The zero-order valence-corrected chi connectivity index (χ0v) is 12.6. The Labute approximate surface area is 116 Å². The van der Waals surface area contributed by atoms with Gasteiger partial charge in [0.25, 0.3) is 0 Å². The number of hydrogen-bond donors (Lipinski definition) is 0. The molecule has 0 atom stereocenters. The number of halogens is 1. The first kappa shape index (κ1) is 13.5. The maximum absolute atomic E-state index is 5.99. The Morgan fingerprint density at radius 3 is 2.61 bits per heavy atom. The lowest BCUT2D eigenvalue weighted by molar-refractivity contribution is 0.416. The van der Waals surface area contributed by atoms with E-state index >= 15 is 0 Å². The van der Waals surface area contributed by atoms with Gasteiger partial charge in [-0.25, -0.2) is 4.98 Å². The lowest BCUT2D eigenvalue weighted by atomic mass is 10.3. The number of aryl methyl sites for hydroxylation is 1. The van der Waals surface area contributed by atoms with Crippen molar-refractivity contribution < 1.29 is 0 Å². The van der Waals surface area contributed by atoms with Crippen molar-refractivity contribution >= 4 is 39.0 Å². The molecule has 0 bridgehead atoms. The molecule has 0 unspecified atom stereocenters. The molecular weight excluding hydrogens is 268 g/mol. The second-order valence-electron chi connectivity index (χ2n) is 4.62. The van der Waals surface area contributed by atoms with Gasteiger partial charge in [-0.1, -0.05) is 0 Å². The fraction of sp³-hybridized carbons (Fsp3) is 0.500. The first-order valence-corrected chi connectivity index (χ1v) is 6.96. The third-order valence-electron chi connectivity index (χ3n) is 2.71. The average molecular weight is 285 g/mol. The lowest BCUT2D eigenvalue weighted by Crippen LogP contribution is -2.29. The van der Waals surface area contributed by atoms with Crippen molar-refractivity contribution in [2.45, 2.75) is 6.92 Å². The summed E-state index contributed by atoms with van der Waals surface area (Å²) >= 11 is 7.64. The van der Waals surface area contributed by atoms with Gasteiger partial charge in [0.15, 0.2) is 0 Å². The molecule has 98 valence electrons. The summed E-state index contributed by atoms with van der Waals surface area (Å²) in [5.74, 6) is 0.913. The van der Waals surface area contributed by atoms with Crippen molar-refractivity contribution in [2.24, 2.45) is 0 Å². The van der Waals surface area contributed by atoms with Crippen LogP contribution in [0, 0.1) is 6.92 Å². The van der Waals surface area contributed by atoms with Crippen LogP contribution in [-0.4, -0.2) is 49.1 Å². The van der Waals surface area contributed by atoms with Crippen molar-refractivity contribution in [3.05, 3.63) is 16.2 Å². The average Bonchev–Trinajstić information content (AvgIpc) is 2.64. The molecule has 0 fully saturated rings. The Morgan fingerprint density at radius 1 is 1.22 bits per heavy atom. The molecule has 6 heteroatoms. The number of hydrogen-bond acceptors (Lipinski definition) is 5. The quantitative estimate of drug-likeness (QED) is 0.808. The zero-order valence-electron chi connectivity index (χ0n) is 11.1. The first-order chi connectivity index (χ1) is 8.47. The molecule has 0 aliphatic carbocycles. The van der Waals surface area contributed by atoms with Gasteiger partial charge in [-0.3, -0.25) is 0 Å². The van der Waals surface area contributed by atoms with Gasteiger partial charge >= 0.3 is 0 Å². The van der Waals surface area contributed by atoms with Crippen LogP contribution in [0.2, 0.25) is 5.28 Å².